The van der Waals surface area contributed by atoms with E-state index in [1.54, 1.807) is 54.6 Å². The lowest BCUT2D eigenvalue weighted by atomic mass is 10.0. The third kappa shape index (κ3) is 6.07. The SMILES string of the molecule is C=CCc1cc(/C=C2/SC(=O)N(c3cccc(Cl)c3)C2=O)cc(OCC)c1OCc1ccc([N+](=O)[O-])cc1. The summed E-state index contributed by atoms with van der Waals surface area (Å²) >= 11 is 6.89. The third-order valence-electron chi connectivity index (χ3n) is 5.51. The number of nitro benzene ring substituents is 1. The highest BCUT2D eigenvalue weighted by Gasteiger charge is 2.36. The second-order valence-electron chi connectivity index (χ2n) is 8.14. The molecule has 3 aromatic rings. The first-order chi connectivity index (χ1) is 18.3. The van der Waals surface area contributed by atoms with Crippen molar-refractivity contribution in [2.24, 2.45) is 0 Å². The molecule has 1 aliphatic rings. The molecule has 0 aromatic heterocycles. The van der Waals surface area contributed by atoms with Crippen LogP contribution in [0, 0.1) is 10.1 Å². The summed E-state index contributed by atoms with van der Waals surface area (Å²) in [6.45, 7) is 6.21. The number of amides is 2. The molecule has 0 aliphatic carbocycles. The smallest absolute Gasteiger partial charge is 0.298 e. The van der Waals surface area contributed by atoms with Crippen molar-refractivity contribution in [1.82, 2.24) is 0 Å². The van der Waals surface area contributed by atoms with E-state index in [9.17, 15) is 19.7 Å². The quantitative estimate of drug-likeness (QED) is 0.114. The zero-order valence-electron chi connectivity index (χ0n) is 20.4. The number of halogens is 1. The van der Waals surface area contributed by atoms with Crippen LogP contribution in [0.15, 0.2) is 78.2 Å². The van der Waals surface area contributed by atoms with Gasteiger partial charge in [0.25, 0.3) is 16.8 Å². The first-order valence-electron chi connectivity index (χ1n) is 11.6. The average Bonchev–Trinajstić information content (AvgIpc) is 3.16. The molecule has 1 heterocycles. The van der Waals surface area contributed by atoms with Gasteiger partial charge in [0, 0.05) is 22.7 Å². The summed E-state index contributed by atoms with van der Waals surface area (Å²) in [5.41, 5.74) is 2.58. The monoisotopic (exact) mass is 550 g/mol. The Morgan fingerprint density at radius 3 is 2.53 bits per heavy atom. The lowest BCUT2D eigenvalue weighted by Gasteiger charge is -2.17. The molecular weight excluding hydrogens is 528 g/mol. The van der Waals surface area contributed by atoms with Crippen LogP contribution in [-0.2, 0) is 17.8 Å². The Balaban J connectivity index is 1.64. The van der Waals surface area contributed by atoms with Gasteiger partial charge in [-0.05, 0) is 84.8 Å². The minimum Gasteiger partial charge on any atom is -0.490 e. The van der Waals surface area contributed by atoms with Crippen molar-refractivity contribution in [3.05, 3.63) is 110 Å². The lowest BCUT2D eigenvalue weighted by Crippen LogP contribution is -2.27. The summed E-state index contributed by atoms with van der Waals surface area (Å²) in [4.78, 5) is 37.6. The van der Waals surface area contributed by atoms with Crippen molar-refractivity contribution in [2.75, 3.05) is 11.5 Å². The molecule has 0 radical (unpaired) electrons. The molecule has 0 atom stereocenters. The molecule has 10 heteroatoms. The molecule has 4 rings (SSSR count). The summed E-state index contributed by atoms with van der Waals surface area (Å²) < 4.78 is 12.0. The van der Waals surface area contributed by atoms with Crippen LogP contribution in [0.1, 0.15) is 23.6 Å². The Kier molecular flexibility index (Phi) is 8.50. The fourth-order valence-electron chi connectivity index (χ4n) is 3.83. The number of anilines is 1. The molecule has 38 heavy (non-hydrogen) atoms. The maximum Gasteiger partial charge on any atom is 0.298 e. The highest BCUT2D eigenvalue weighted by atomic mass is 35.5. The molecule has 1 aliphatic heterocycles. The number of carbonyl (C=O) groups is 2. The predicted molar refractivity (Wildman–Crippen MR) is 149 cm³/mol. The van der Waals surface area contributed by atoms with Gasteiger partial charge in [-0.25, -0.2) is 4.90 Å². The highest BCUT2D eigenvalue weighted by Crippen LogP contribution is 2.39. The summed E-state index contributed by atoms with van der Waals surface area (Å²) in [7, 11) is 0. The number of rotatable bonds is 10. The second-order valence-corrected chi connectivity index (χ2v) is 9.57. The van der Waals surface area contributed by atoms with Gasteiger partial charge in [0.15, 0.2) is 11.5 Å². The van der Waals surface area contributed by atoms with Crippen molar-refractivity contribution in [3.63, 3.8) is 0 Å². The first kappa shape index (κ1) is 27.0. The predicted octanol–water partition coefficient (Wildman–Crippen LogP) is 7.20. The molecule has 0 saturated carbocycles. The van der Waals surface area contributed by atoms with Gasteiger partial charge in [0.05, 0.1) is 22.1 Å². The van der Waals surface area contributed by atoms with Gasteiger partial charge in [0.1, 0.15) is 6.61 Å². The Hall–Kier alpha value is -4.08. The van der Waals surface area contributed by atoms with Crippen LogP contribution in [-0.4, -0.2) is 22.7 Å². The van der Waals surface area contributed by atoms with Crippen molar-refractivity contribution < 1.29 is 24.0 Å². The minimum absolute atomic E-state index is 0.000214. The maximum absolute atomic E-state index is 13.1. The van der Waals surface area contributed by atoms with Crippen LogP contribution in [0.3, 0.4) is 0 Å². The normalized spacial score (nSPS) is 14.2. The fourth-order valence-corrected chi connectivity index (χ4v) is 4.85. The van der Waals surface area contributed by atoms with Crippen LogP contribution in [0.2, 0.25) is 5.02 Å². The number of allylic oxidation sites excluding steroid dienone is 1. The van der Waals surface area contributed by atoms with Gasteiger partial charge < -0.3 is 9.47 Å². The average molecular weight is 551 g/mol. The van der Waals surface area contributed by atoms with Gasteiger partial charge in [-0.3, -0.25) is 19.7 Å². The summed E-state index contributed by atoms with van der Waals surface area (Å²) in [5, 5.41) is 10.9. The van der Waals surface area contributed by atoms with Gasteiger partial charge in [-0.1, -0.05) is 23.7 Å². The fraction of sp³-hybridized carbons (Fsp3) is 0.143. The number of nitrogens with zero attached hydrogens (tertiary/aromatic N) is 2. The van der Waals surface area contributed by atoms with Crippen LogP contribution < -0.4 is 14.4 Å². The Morgan fingerprint density at radius 1 is 1.11 bits per heavy atom. The van der Waals surface area contributed by atoms with E-state index in [1.807, 2.05) is 13.0 Å². The zero-order valence-corrected chi connectivity index (χ0v) is 22.0. The summed E-state index contributed by atoms with van der Waals surface area (Å²) in [6, 6.07) is 16.3. The van der Waals surface area contributed by atoms with Crippen LogP contribution in [0.5, 0.6) is 11.5 Å². The van der Waals surface area contributed by atoms with Crippen LogP contribution >= 0.6 is 23.4 Å². The highest BCUT2D eigenvalue weighted by molar-refractivity contribution is 8.19. The van der Waals surface area contributed by atoms with E-state index in [2.05, 4.69) is 6.58 Å². The molecule has 2 amide bonds. The van der Waals surface area contributed by atoms with Crippen LogP contribution in [0.4, 0.5) is 16.2 Å². The molecule has 0 N–H and O–H groups in total. The number of thioether (sulfide) groups is 1. The number of hydrogen-bond acceptors (Lipinski definition) is 7. The third-order valence-corrected chi connectivity index (χ3v) is 6.61. The molecule has 0 bridgehead atoms. The molecular formula is C28H23ClN2O6S. The standard InChI is InChI=1S/C28H23ClN2O6S/c1-3-6-20-13-19(15-25-27(32)30(28(33)38-25)23-8-5-7-21(29)16-23)14-24(36-4-2)26(20)37-17-18-9-11-22(12-10-18)31(34)35/h3,5,7-16H,1,4,6,17H2,2H3/b25-15+. The van der Waals surface area contributed by atoms with Gasteiger partial charge in [-0.2, -0.15) is 0 Å². The van der Waals surface area contributed by atoms with E-state index in [4.69, 9.17) is 21.1 Å². The van der Waals surface area contributed by atoms with Crippen LogP contribution in [0.25, 0.3) is 6.08 Å². The first-order valence-corrected chi connectivity index (χ1v) is 12.8. The zero-order chi connectivity index (χ0) is 27.2. The van der Waals surface area contributed by atoms with Crippen molar-refractivity contribution >= 4 is 52.0 Å². The summed E-state index contributed by atoms with van der Waals surface area (Å²) in [5.74, 6) is 0.535. The molecule has 1 fully saturated rings. The second kappa shape index (κ2) is 12.0. The number of non-ortho nitro benzene ring substituents is 1. The molecule has 0 unspecified atom stereocenters. The van der Waals surface area contributed by atoms with Crippen molar-refractivity contribution in [1.29, 1.82) is 0 Å². The van der Waals surface area contributed by atoms with Gasteiger partial charge >= 0.3 is 0 Å². The lowest BCUT2D eigenvalue weighted by molar-refractivity contribution is -0.384. The molecule has 3 aromatic carbocycles. The number of nitro groups is 1. The van der Waals surface area contributed by atoms with E-state index < -0.39 is 16.1 Å². The van der Waals surface area contributed by atoms with E-state index in [0.29, 0.717) is 40.8 Å². The number of benzene rings is 3. The molecule has 194 valence electrons. The topological polar surface area (TPSA) is 99.0 Å². The molecule has 0 spiro atoms. The Bertz CT molecular complexity index is 1440. The molecule has 8 nitrogen and oxygen atoms in total. The number of carbonyl (C=O) groups excluding carboxylic acids is 2. The van der Waals surface area contributed by atoms with E-state index in [1.165, 1.54) is 12.1 Å². The minimum atomic E-state index is -0.456. The van der Waals surface area contributed by atoms with Crippen molar-refractivity contribution in [3.8, 4) is 11.5 Å². The Morgan fingerprint density at radius 2 is 1.87 bits per heavy atom. The Labute approximate surface area is 228 Å². The summed E-state index contributed by atoms with van der Waals surface area (Å²) in [6.07, 6.45) is 3.83. The van der Waals surface area contributed by atoms with E-state index >= 15 is 0 Å². The van der Waals surface area contributed by atoms with Gasteiger partial charge in [0.2, 0.25) is 0 Å². The number of ether oxygens (including phenoxy) is 2. The van der Waals surface area contributed by atoms with Crippen molar-refractivity contribution in [2.45, 2.75) is 20.0 Å². The van der Waals surface area contributed by atoms with E-state index in [-0.39, 0.29) is 17.2 Å². The largest absolute Gasteiger partial charge is 0.490 e. The maximum atomic E-state index is 13.1. The number of imide groups is 1. The van der Waals surface area contributed by atoms with Gasteiger partial charge in [-0.15, -0.1) is 6.58 Å². The number of hydrogen-bond donors (Lipinski definition) is 0. The molecule has 1 saturated heterocycles. The van der Waals surface area contributed by atoms with E-state index in [0.717, 1.165) is 27.8 Å².